The van der Waals surface area contributed by atoms with E-state index in [4.69, 9.17) is 5.73 Å². The normalized spacial score (nSPS) is 21.4. The zero-order valence-corrected chi connectivity index (χ0v) is 11.2. The van der Waals surface area contributed by atoms with E-state index in [-0.39, 0.29) is 0 Å². The molecule has 0 saturated carbocycles. The third-order valence-electron chi connectivity index (χ3n) is 4.06. The van der Waals surface area contributed by atoms with E-state index in [1.807, 2.05) is 18.2 Å². The second kappa shape index (κ2) is 4.39. The second-order valence-electron chi connectivity index (χ2n) is 5.61. The molecule has 98 valence electrons. The highest BCUT2D eigenvalue weighted by molar-refractivity contribution is 5.49. The van der Waals surface area contributed by atoms with Gasteiger partial charge in [0.15, 0.2) is 0 Å². The Bertz CT molecular complexity index is 603. The van der Waals surface area contributed by atoms with E-state index in [0.717, 1.165) is 24.1 Å². The maximum absolute atomic E-state index is 10.9. The SMILES string of the molecule is Cc1ccc(CC2(O)CCc3cc(N)ccc32)cc1. The molecule has 2 aromatic carbocycles. The maximum Gasteiger partial charge on any atom is 0.0942 e. The Morgan fingerprint density at radius 3 is 2.63 bits per heavy atom. The molecule has 1 atom stereocenters. The van der Waals surface area contributed by atoms with E-state index in [1.165, 1.54) is 16.7 Å². The minimum atomic E-state index is -0.738. The Balaban J connectivity index is 1.92. The van der Waals surface area contributed by atoms with E-state index in [9.17, 15) is 5.11 Å². The highest BCUT2D eigenvalue weighted by atomic mass is 16.3. The van der Waals surface area contributed by atoms with Gasteiger partial charge in [0.1, 0.15) is 0 Å². The molecule has 0 aliphatic heterocycles. The van der Waals surface area contributed by atoms with Gasteiger partial charge in [0, 0.05) is 12.1 Å². The Labute approximate surface area is 113 Å². The lowest BCUT2D eigenvalue weighted by molar-refractivity contribution is 0.0390. The molecular formula is C17H19NO. The summed E-state index contributed by atoms with van der Waals surface area (Å²) in [6, 6.07) is 14.2. The van der Waals surface area contributed by atoms with Crippen molar-refractivity contribution >= 4 is 5.69 Å². The molecule has 0 heterocycles. The fourth-order valence-electron chi connectivity index (χ4n) is 2.98. The molecule has 0 saturated heterocycles. The number of aryl methyl sites for hydroxylation is 2. The first-order chi connectivity index (χ1) is 9.07. The summed E-state index contributed by atoms with van der Waals surface area (Å²) in [5.41, 5.74) is 10.5. The minimum absolute atomic E-state index is 0.671. The van der Waals surface area contributed by atoms with Gasteiger partial charge < -0.3 is 10.8 Å². The molecule has 0 fully saturated rings. The van der Waals surface area contributed by atoms with E-state index in [2.05, 4.69) is 31.2 Å². The number of fused-ring (bicyclic) bond motifs is 1. The predicted octanol–water partition coefficient (Wildman–Crippen LogP) is 2.95. The standard InChI is InChI=1S/C17H19NO/c1-12-2-4-13(5-3-12)11-17(19)9-8-14-10-15(18)6-7-16(14)17/h2-7,10,19H,8-9,11,18H2,1H3. The lowest BCUT2D eigenvalue weighted by Gasteiger charge is -2.24. The molecular weight excluding hydrogens is 234 g/mol. The van der Waals surface area contributed by atoms with Crippen LogP contribution in [0.1, 0.15) is 28.7 Å². The van der Waals surface area contributed by atoms with Crippen LogP contribution in [0, 0.1) is 6.92 Å². The Morgan fingerprint density at radius 1 is 1.16 bits per heavy atom. The highest BCUT2D eigenvalue weighted by Crippen LogP contribution is 2.40. The summed E-state index contributed by atoms with van der Waals surface area (Å²) < 4.78 is 0. The number of hydrogen-bond donors (Lipinski definition) is 2. The molecule has 1 unspecified atom stereocenters. The van der Waals surface area contributed by atoms with Crippen LogP contribution in [0.3, 0.4) is 0 Å². The maximum atomic E-state index is 10.9. The van der Waals surface area contributed by atoms with Gasteiger partial charge in [0.2, 0.25) is 0 Å². The summed E-state index contributed by atoms with van der Waals surface area (Å²) in [7, 11) is 0. The number of hydrogen-bond acceptors (Lipinski definition) is 2. The lowest BCUT2D eigenvalue weighted by Crippen LogP contribution is -2.25. The summed E-state index contributed by atoms with van der Waals surface area (Å²) in [5.74, 6) is 0. The highest BCUT2D eigenvalue weighted by Gasteiger charge is 2.36. The third kappa shape index (κ3) is 2.24. The molecule has 2 aromatic rings. The molecule has 0 spiro atoms. The molecule has 3 rings (SSSR count). The molecule has 3 N–H and O–H groups in total. The molecule has 0 aromatic heterocycles. The molecule has 0 amide bonds. The van der Waals surface area contributed by atoms with Crippen molar-refractivity contribution in [3.63, 3.8) is 0 Å². The van der Waals surface area contributed by atoms with Crippen LogP contribution in [-0.2, 0) is 18.4 Å². The zero-order chi connectivity index (χ0) is 13.5. The number of aliphatic hydroxyl groups is 1. The first-order valence-electron chi connectivity index (χ1n) is 6.74. The molecule has 1 aliphatic rings. The average Bonchev–Trinajstić information content (AvgIpc) is 2.69. The van der Waals surface area contributed by atoms with Crippen LogP contribution in [-0.4, -0.2) is 5.11 Å². The summed E-state index contributed by atoms with van der Waals surface area (Å²) >= 11 is 0. The first kappa shape index (κ1) is 12.2. The minimum Gasteiger partial charge on any atom is -0.399 e. The van der Waals surface area contributed by atoms with Crippen LogP contribution >= 0.6 is 0 Å². The van der Waals surface area contributed by atoms with E-state index >= 15 is 0 Å². The van der Waals surface area contributed by atoms with Gasteiger partial charge in [-0.3, -0.25) is 0 Å². The molecule has 1 aliphatic carbocycles. The smallest absolute Gasteiger partial charge is 0.0942 e. The van der Waals surface area contributed by atoms with Gasteiger partial charge >= 0.3 is 0 Å². The fourth-order valence-corrected chi connectivity index (χ4v) is 2.98. The zero-order valence-electron chi connectivity index (χ0n) is 11.2. The Kier molecular flexibility index (Phi) is 2.83. The number of nitrogen functional groups attached to an aromatic ring is 1. The number of benzene rings is 2. The first-order valence-corrected chi connectivity index (χ1v) is 6.74. The van der Waals surface area contributed by atoms with Crippen molar-refractivity contribution in [3.05, 3.63) is 64.7 Å². The second-order valence-corrected chi connectivity index (χ2v) is 5.61. The van der Waals surface area contributed by atoms with Crippen molar-refractivity contribution in [1.82, 2.24) is 0 Å². The molecule has 2 heteroatoms. The van der Waals surface area contributed by atoms with Gasteiger partial charge in [-0.1, -0.05) is 35.9 Å². The fraction of sp³-hybridized carbons (Fsp3) is 0.294. The van der Waals surface area contributed by atoms with Gasteiger partial charge in [-0.15, -0.1) is 0 Å². The van der Waals surface area contributed by atoms with E-state index < -0.39 is 5.60 Å². The predicted molar refractivity (Wildman–Crippen MR) is 78.0 cm³/mol. The van der Waals surface area contributed by atoms with E-state index in [1.54, 1.807) is 0 Å². The average molecular weight is 253 g/mol. The summed E-state index contributed by atoms with van der Waals surface area (Å²) in [5, 5.41) is 10.9. The van der Waals surface area contributed by atoms with Crippen molar-refractivity contribution in [3.8, 4) is 0 Å². The Morgan fingerprint density at radius 2 is 1.89 bits per heavy atom. The third-order valence-corrected chi connectivity index (χ3v) is 4.06. The largest absolute Gasteiger partial charge is 0.399 e. The molecule has 0 bridgehead atoms. The number of nitrogens with two attached hydrogens (primary N) is 1. The van der Waals surface area contributed by atoms with Gasteiger partial charge in [0.25, 0.3) is 0 Å². The van der Waals surface area contributed by atoms with Gasteiger partial charge in [-0.25, -0.2) is 0 Å². The lowest BCUT2D eigenvalue weighted by atomic mass is 9.88. The van der Waals surface area contributed by atoms with Crippen molar-refractivity contribution in [1.29, 1.82) is 0 Å². The molecule has 0 radical (unpaired) electrons. The van der Waals surface area contributed by atoms with Crippen LogP contribution in [0.2, 0.25) is 0 Å². The van der Waals surface area contributed by atoms with Crippen LogP contribution in [0.15, 0.2) is 42.5 Å². The number of anilines is 1. The Hall–Kier alpha value is -1.80. The van der Waals surface area contributed by atoms with E-state index in [0.29, 0.717) is 6.42 Å². The van der Waals surface area contributed by atoms with Crippen molar-refractivity contribution in [2.24, 2.45) is 0 Å². The van der Waals surface area contributed by atoms with Crippen LogP contribution < -0.4 is 5.73 Å². The molecule has 2 nitrogen and oxygen atoms in total. The van der Waals surface area contributed by atoms with Crippen LogP contribution in [0.4, 0.5) is 5.69 Å². The quantitative estimate of drug-likeness (QED) is 0.808. The monoisotopic (exact) mass is 253 g/mol. The topological polar surface area (TPSA) is 46.2 Å². The van der Waals surface area contributed by atoms with Gasteiger partial charge in [-0.05, 0) is 48.6 Å². The number of rotatable bonds is 2. The summed E-state index contributed by atoms with van der Waals surface area (Å²) in [6.45, 7) is 2.08. The van der Waals surface area contributed by atoms with Crippen LogP contribution in [0.5, 0.6) is 0 Å². The summed E-state index contributed by atoms with van der Waals surface area (Å²) in [6.07, 6.45) is 2.35. The van der Waals surface area contributed by atoms with Crippen molar-refractivity contribution in [2.45, 2.75) is 31.8 Å². The van der Waals surface area contributed by atoms with Crippen molar-refractivity contribution < 1.29 is 5.11 Å². The van der Waals surface area contributed by atoms with Crippen molar-refractivity contribution in [2.75, 3.05) is 5.73 Å². The van der Waals surface area contributed by atoms with Crippen LogP contribution in [0.25, 0.3) is 0 Å². The summed E-state index contributed by atoms with van der Waals surface area (Å²) in [4.78, 5) is 0. The molecule has 19 heavy (non-hydrogen) atoms. The van der Waals surface area contributed by atoms with Gasteiger partial charge in [0.05, 0.1) is 5.60 Å². The van der Waals surface area contributed by atoms with Gasteiger partial charge in [-0.2, -0.15) is 0 Å².